The van der Waals surface area contributed by atoms with E-state index in [9.17, 15) is 5.11 Å². The normalized spacial score (nSPS) is 26.8. The van der Waals surface area contributed by atoms with E-state index < -0.39 is 0 Å². The lowest BCUT2D eigenvalue weighted by atomic mass is 9.66. The molecule has 0 aromatic heterocycles. The van der Waals surface area contributed by atoms with Crippen LogP contribution < -0.4 is 10.2 Å². The number of phenolic OH excluding ortho intramolecular Hbond substituents is 1. The number of fused-ring (bicyclic) bond motifs is 2. The largest absolute Gasteiger partial charge is 0.508 e. The van der Waals surface area contributed by atoms with Gasteiger partial charge in [0.2, 0.25) is 0 Å². The second-order valence-electron chi connectivity index (χ2n) is 8.79. The van der Waals surface area contributed by atoms with Gasteiger partial charge in [0.15, 0.2) is 0 Å². The van der Waals surface area contributed by atoms with Gasteiger partial charge in [-0.3, -0.25) is 0 Å². The van der Waals surface area contributed by atoms with Crippen molar-refractivity contribution in [2.24, 2.45) is 5.92 Å². The summed E-state index contributed by atoms with van der Waals surface area (Å²) >= 11 is 0. The summed E-state index contributed by atoms with van der Waals surface area (Å²) in [6.07, 6.45) is 7.30. The Morgan fingerprint density at radius 1 is 0.867 bits per heavy atom. The van der Waals surface area contributed by atoms with Crippen LogP contribution in [0.5, 0.6) is 5.75 Å². The molecule has 2 N–H and O–H groups in total. The van der Waals surface area contributed by atoms with Gasteiger partial charge in [0.1, 0.15) is 11.4 Å². The molecule has 30 heavy (non-hydrogen) atoms. The number of nitrogens with one attached hydrogen (secondary N) is 1. The lowest BCUT2D eigenvalue weighted by molar-refractivity contribution is 0.198. The quantitative estimate of drug-likeness (QED) is 0.532. The number of phenols is 1. The second-order valence-corrected chi connectivity index (χ2v) is 8.79. The van der Waals surface area contributed by atoms with Crippen molar-refractivity contribution in [2.45, 2.75) is 37.3 Å². The molecular weight excluding hydrogens is 368 g/mol. The van der Waals surface area contributed by atoms with Crippen molar-refractivity contribution in [3.05, 3.63) is 96.1 Å². The molecule has 2 heterocycles. The van der Waals surface area contributed by atoms with Crippen molar-refractivity contribution in [1.29, 1.82) is 0 Å². The molecule has 1 saturated carbocycles. The third-order valence-corrected chi connectivity index (χ3v) is 7.19. The van der Waals surface area contributed by atoms with E-state index in [-0.39, 0.29) is 5.66 Å². The molecule has 3 nitrogen and oxygen atoms in total. The van der Waals surface area contributed by atoms with Gasteiger partial charge in [-0.25, -0.2) is 0 Å². The molecule has 1 aliphatic carbocycles. The van der Waals surface area contributed by atoms with E-state index in [1.807, 2.05) is 12.1 Å². The molecule has 3 aromatic carbocycles. The van der Waals surface area contributed by atoms with Gasteiger partial charge >= 0.3 is 0 Å². The fraction of sp³-hybridized carbons (Fsp3) is 0.259. The van der Waals surface area contributed by atoms with Crippen molar-refractivity contribution < 1.29 is 5.11 Å². The zero-order chi connectivity index (χ0) is 20.1. The highest BCUT2D eigenvalue weighted by molar-refractivity contribution is 5.93. The lowest BCUT2D eigenvalue weighted by Crippen LogP contribution is -2.60. The van der Waals surface area contributed by atoms with Crippen LogP contribution >= 0.6 is 0 Å². The Labute approximate surface area is 177 Å². The third kappa shape index (κ3) is 2.51. The van der Waals surface area contributed by atoms with Crippen molar-refractivity contribution >= 4 is 17.1 Å². The number of para-hydroxylation sites is 2. The van der Waals surface area contributed by atoms with Gasteiger partial charge in [0.05, 0.1) is 11.4 Å². The van der Waals surface area contributed by atoms with E-state index in [4.69, 9.17) is 0 Å². The molecule has 3 aliphatic rings. The van der Waals surface area contributed by atoms with Crippen molar-refractivity contribution in [1.82, 2.24) is 0 Å². The summed E-state index contributed by atoms with van der Waals surface area (Å²) in [4.78, 5) is 2.60. The summed E-state index contributed by atoms with van der Waals surface area (Å²) < 4.78 is 0. The minimum atomic E-state index is -0.107. The topological polar surface area (TPSA) is 35.5 Å². The molecule has 1 fully saturated rings. The van der Waals surface area contributed by atoms with Crippen molar-refractivity contribution in [3.8, 4) is 5.75 Å². The van der Waals surface area contributed by atoms with Crippen LogP contribution in [-0.2, 0) is 0 Å². The smallest absolute Gasteiger partial charge is 0.119 e. The predicted molar refractivity (Wildman–Crippen MR) is 122 cm³/mol. The molecule has 1 spiro atoms. The first kappa shape index (κ1) is 17.6. The maximum absolute atomic E-state index is 9.85. The monoisotopic (exact) mass is 394 g/mol. The SMILES string of the molecule is Oc1ccc([C@@H]2C=C(c3ccccc3)N3c4ccccc4N[C@]34CCCC[C@@H]24)cc1. The van der Waals surface area contributed by atoms with E-state index in [1.54, 1.807) is 0 Å². The number of allylic oxidation sites excluding steroid dienone is 1. The summed E-state index contributed by atoms with van der Waals surface area (Å²) in [7, 11) is 0. The number of anilines is 2. The van der Waals surface area contributed by atoms with Gasteiger partial charge in [-0.05, 0) is 54.7 Å². The van der Waals surface area contributed by atoms with Crippen LogP contribution in [0.25, 0.3) is 5.70 Å². The van der Waals surface area contributed by atoms with E-state index >= 15 is 0 Å². The van der Waals surface area contributed by atoms with Crippen molar-refractivity contribution in [2.75, 3.05) is 10.2 Å². The molecule has 3 aromatic rings. The number of aromatic hydroxyl groups is 1. The fourth-order valence-electron chi connectivity index (χ4n) is 5.94. The Kier molecular flexibility index (Phi) is 3.92. The fourth-order valence-corrected chi connectivity index (χ4v) is 5.94. The number of hydrogen-bond acceptors (Lipinski definition) is 3. The zero-order valence-electron chi connectivity index (χ0n) is 17.0. The highest BCUT2D eigenvalue weighted by atomic mass is 16.3. The van der Waals surface area contributed by atoms with Crippen molar-refractivity contribution in [3.63, 3.8) is 0 Å². The molecule has 6 rings (SSSR count). The van der Waals surface area contributed by atoms with E-state index in [2.05, 4.69) is 83.0 Å². The summed E-state index contributed by atoms with van der Waals surface area (Å²) in [5.41, 5.74) is 6.23. The summed E-state index contributed by atoms with van der Waals surface area (Å²) in [5, 5.41) is 13.8. The highest BCUT2D eigenvalue weighted by Crippen LogP contribution is 2.58. The second kappa shape index (κ2) is 6.66. The Morgan fingerprint density at radius 3 is 2.47 bits per heavy atom. The molecule has 3 atom stereocenters. The first-order chi connectivity index (χ1) is 14.8. The zero-order valence-corrected chi connectivity index (χ0v) is 17.0. The van der Waals surface area contributed by atoms with Crippen LogP contribution in [-0.4, -0.2) is 10.8 Å². The summed E-state index contributed by atoms with van der Waals surface area (Å²) in [5.74, 6) is 1.10. The average Bonchev–Trinajstić information content (AvgIpc) is 3.13. The van der Waals surface area contributed by atoms with Crippen LogP contribution in [0.4, 0.5) is 11.4 Å². The van der Waals surface area contributed by atoms with Gasteiger partial charge in [0.25, 0.3) is 0 Å². The van der Waals surface area contributed by atoms with Crippen LogP contribution in [0.3, 0.4) is 0 Å². The van der Waals surface area contributed by atoms with Crippen LogP contribution in [0.1, 0.15) is 42.7 Å². The predicted octanol–water partition coefficient (Wildman–Crippen LogP) is 6.35. The molecule has 3 heteroatoms. The number of rotatable bonds is 2. The maximum atomic E-state index is 9.85. The minimum Gasteiger partial charge on any atom is -0.508 e. The lowest BCUT2D eigenvalue weighted by Gasteiger charge is -2.54. The Bertz CT molecular complexity index is 1110. The van der Waals surface area contributed by atoms with Gasteiger partial charge in [-0.1, -0.05) is 67.1 Å². The van der Waals surface area contributed by atoms with Crippen LogP contribution in [0.15, 0.2) is 84.9 Å². The molecule has 0 saturated heterocycles. The molecule has 2 aliphatic heterocycles. The Balaban J connectivity index is 1.59. The van der Waals surface area contributed by atoms with E-state index in [0.717, 1.165) is 6.42 Å². The summed E-state index contributed by atoms with van der Waals surface area (Å²) in [6.45, 7) is 0. The summed E-state index contributed by atoms with van der Waals surface area (Å²) in [6, 6.07) is 27.4. The van der Waals surface area contributed by atoms with E-state index in [1.165, 1.54) is 47.5 Å². The van der Waals surface area contributed by atoms with Gasteiger partial charge in [-0.2, -0.15) is 0 Å². The first-order valence-corrected chi connectivity index (χ1v) is 11.0. The molecule has 150 valence electrons. The minimum absolute atomic E-state index is 0.107. The molecule has 0 bridgehead atoms. The Hall–Kier alpha value is -3.20. The third-order valence-electron chi connectivity index (χ3n) is 7.19. The number of hydrogen-bond donors (Lipinski definition) is 2. The first-order valence-electron chi connectivity index (χ1n) is 11.0. The molecule has 0 radical (unpaired) electrons. The van der Waals surface area contributed by atoms with Gasteiger partial charge in [-0.15, -0.1) is 0 Å². The van der Waals surface area contributed by atoms with Crippen LogP contribution in [0.2, 0.25) is 0 Å². The van der Waals surface area contributed by atoms with Gasteiger partial charge in [0, 0.05) is 17.5 Å². The van der Waals surface area contributed by atoms with E-state index in [0.29, 0.717) is 17.6 Å². The standard InChI is InChI=1S/C27H26N2O/c30-21-15-13-19(14-16-21)22-18-26(20-8-2-1-3-9-20)29-25-12-5-4-11-24(25)28-27(29)17-7-6-10-23(22)27/h1-5,8-9,11-16,18,22-23,28,30H,6-7,10,17H2/t22-,23-,27+/m0/s1. The number of benzene rings is 3. The maximum Gasteiger partial charge on any atom is 0.119 e. The number of nitrogens with zero attached hydrogens (tertiary/aromatic N) is 1. The molecule has 0 unspecified atom stereocenters. The Morgan fingerprint density at radius 2 is 1.63 bits per heavy atom. The highest BCUT2D eigenvalue weighted by Gasteiger charge is 2.56. The van der Waals surface area contributed by atoms with Crippen LogP contribution in [0, 0.1) is 5.92 Å². The molecule has 0 amide bonds. The molecular formula is C27H26N2O. The van der Waals surface area contributed by atoms with Gasteiger partial charge < -0.3 is 15.3 Å². The average molecular weight is 395 g/mol.